The van der Waals surface area contributed by atoms with Gasteiger partial charge in [0, 0.05) is 32.7 Å². The zero-order valence-electron chi connectivity index (χ0n) is 16.5. The van der Waals surface area contributed by atoms with Gasteiger partial charge in [0.1, 0.15) is 0 Å². The van der Waals surface area contributed by atoms with Gasteiger partial charge >= 0.3 is 0 Å². The molecule has 2 aromatic rings. The monoisotopic (exact) mass is 480 g/mol. The van der Waals surface area contributed by atoms with Gasteiger partial charge in [-0.05, 0) is 37.1 Å². The summed E-state index contributed by atoms with van der Waals surface area (Å²) in [7, 11) is 3.51. The van der Waals surface area contributed by atoms with Crippen molar-refractivity contribution in [3.8, 4) is 0 Å². The second-order valence-corrected chi connectivity index (χ2v) is 6.43. The number of hydrogen-bond acceptors (Lipinski definition) is 2. The van der Waals surface area contributed by atoms with Crippen molar-refractivity contribution in [3.05, 3.63) is 70.8 Å². The van der Waals surface area contributed by atoms with Crippen LogP contribution in [0.5, 0.6) is 0 Å². The molecule has 0 spiro atoms. The van der Waals surface area contributed by atoms with Gasteiger partial charge in [0.15, 0.2) is 5.96 Å². The molecule has 2 rings (SSSR count). The summed E-state index contributed by atoms with van der Waals surface area (Å²) in [4.78, 5) is 18.2. The molecule has 0 fully saturated rings. The maximum atomic E-state index is 11.9. The zero-order chi connectivity index (χ0) is 18.9. The fourth-order valence-electron chi connectivity index (χ4n) is 2.53. The minimum absolute atomic E-state index is 0. The smallest absolute Gasteiger partial charge is 0.253 e. The van der Waals surface area contributed by atoms with E-state index < -0.39 is 0 Å². The molecule has 0 bridgehead atoms. The molecule has 0 saturated carbocycles. The van der Waals surface area contributed by atoms with E-state index in [2.05, 4.69) is 46.8 Å². The van der Waals surface area contributed by atoms with E-state index >= 15 is 0 Å². The molecule has 0 aliphatic carbocycles. The maximum absolute atomic E-state index is 11.9. The van der Waals surface area contributed by atoms with Crippen LogP contribution in [0.2, 0.25) is 0 Å². The van der Waals surface area contributed by atoms with Crippen molar-refractivity contribution in [3.63, 3.8) is 0 Å². The lowest BCUT2D eigenvalue weighted by Gasteiger charge is -2.13. The summed E-state index contributed by atoms with van der Waals surface area (Å²) in [6.07, 6.45) is 0. The molecule has 146 valence electrons. The van der Waals surface area contributed by atoms with Crippen molar-refractivity contribution in [2.75, 3.05) is 20.6 Å². The Morgan fingerprint density at radius 1 is 1.04 bits per heavy atom. The average Bonchev–Trinajstić information content (AvgIpc) is 2.64. The SMILES string of the molecule is CCNC(=NCc1cccc(C)c1)NCc1ccc(C(=O)N(C)C)cc1.I. The third-order valence-corrected chi connectivity index (χ3v) is 3.91. The molecule has 5 nitrogen and oxygen atoms in total. The average molecular weight is 480 g/mol. The van der Waals surface area contributed by atoms with Gasteiger partial charge in [-0.2, -0.15) is 0 Å². The highest BCUT2D eigenvalue weighted by Gasteiger charge is 2.07. The first-order chi connectivity index (χ1) is 12.5. The predicted octanol–water partition coefficient (Wildman–Crippen LogP) is 3.57. The van der Waals surface area contributed by atoms with Crippen LogP contribution in [0.1, 0.15) is 34.0 Å². The fraction of sp³-hybridized carbons (Fsp3) is 0.333. The summed E-state index contributed by atoms with van der Waals surface area (Å²) >= 11 is 0. The maximum Gasteiger partial charge on any atom is 0.253 e. The van der Waals surface area contributed by atoms with E-state index in [9.17, 15) is 4.79 Å². The van der Waals surface area contributed by atoms with E-state index in [1.165, 1.54) is 11.1 Å². The number of carbonyl (C=O) groups excluding carboxylic acids is 1. The number of guanidine groups is 1. The quantitative estimate of drug-likeness (QED) is 0.378. The number of nitrogens with one attached hydrogen (secondary N) is 2. The Hall–Kier alpha value is -2.09. The van der Waals surface area contributed by atoms with Gasteiger partial charge in [-0.1, -0.05) is 42.0 Å². The van der Waals surface area contributed by atoms with Gasteiger partial charge in [0.2, 0.25) is 0 Å². The lowest BCUT2D eigenvalue weighted by Crippen LogP contribution is -2.36. The van der Waals surface area contributed by atoms with Gasteiger partial charge in [-0.3, -0.25) is 4.79 Å². The van der Waals surface area contributed by atoms with Crippen LogP contribution in [0.15, 0.2) is 53.5 Å². The van der Waals surface area contributed by atoms with Crippen molar-refractivity contribution in [2.24, 2.45) is 4.99 Å². The molecular weight excluding hydrogens is 451 g/mol. The Morgan fingerprint density at radius 2 is 1.74 bits per heavy atom. The fourth-order valence-corrected chi connectivity index (χ4v) is 2.53. The first-order valence-electron chi connectivity index (χ1n) is 8.88. The highest BCUT2D eigenvalue weighted by molar-refractivity contribution is 14.0. The summed E-state index contributed by atoms with van der Waals surface area (Å²) in [6, 6.07) is 16.0. The highest BCUT2D eigenvalue weighted by Crippen LogP contribution is 2.07. The summed E-state index contributed by atoms with van der Waals surface area (Å²) in [5.74, 6) is 0.792. The third kappa shape index (κ3) is 7.58. The van der Waals surface area contributed by atoms with E-state index in [1.54, 1.807) is 19.0 Å². The van der Waals surface area contributed by atoms with Gasteiger partial charge in [0.25, 0.3) is 5.91 Å². The van der Waals surface area contributed by atoms with E-state index in [0.717, 1.165) is 18.1 Å². The third-order valence-electron chi connectivity index (χ3n) is 3.91. The van der Waals surface area contributed by atoms with Crippen LogP contribution in [-0.2, 0) is 13.1 Å². The minimum atomic E-state index is 0. The molecule has 6 heteroatoms. The first-order valence-corrected chi connectivity index (χ1v) is 8.88. The number of aryl methyl sites for hydroxylation is 1. The molecule has 0 saturated heterocycles. The molecule has 0 radical (unpaired) electrons. The lowest BCUT2D eigenvalue weighted by molar-refractivity contribution is 0.0827. The number of nitrogens with zero attached hydrogens (tertiary/aromatic N) is 2. The normalized spacial score (nSPS) is 10.7. The summed E-state index contributed by atoms with van der Waals surface area (Å²) in [6.45, 7) is 6.21. The Labute approximate surface area is 179 Å². The number of aliphatic imine (C=N–C) groups is 1. The minimum Gasteiger partial charge on any atom is -0.357 e. The van der Waals surface area contributed by atoms with Crippen molar-refractivity contribution in [1.82, 2.24) is 15.5 Å². The van der Waals surface area contributed by atoms with Crippen LogP contribution in [0.4, 0.5) is 0 Å². The van der Waals surface area contributed by atoms with Gasteiger partial charge in [-0.25, -0.2) is 4.99 Å². The molecule has 1 amide bonds. The van der Waals surface area contributed by atoms with Gasteiger partial charge in [-0.15, -0.1) is 24.0 Å². The van der Waals surface area contributed by atoms with Crippen molar-refractivity contribution in [2.45, 2.75) is 26.9 Å². The van der Waals surface area contributed by atoms with Crippen LogP contribution in [0.3, 0.4) is 0 Å². The van der Waals surface area contributed by atoms with Crippen LogP contribution in [-0.4, -0.2) is 37.4 Å². The summed E-state index contributed by atoms with van der Waals surface area (Å²) in [5, 5.41) is 6.60. The molecule has 0 aromatic heterocycles. The van der Waals surface area contributed by atoms with E-state index in [-0.39, 0.29) is 29.9 Å². The summed E-state index contributed by atoms with van der Waals surface area (Å²) in [5.41, 5.74) is 4.22. The van der Waals surface area contributed by atoms with Gasteiger partial charge < -0.3 is 15.5 Å². The Morgan fingerprint density at radius 3 is 2.33 bits per heavy atom. The molecule has 2 N–H and O–H groups in total. The molecule has 2 aromatic carbocycles. The van der Waals surface area contributed by atoms with E-state index in [4.69, 9.17) is 0 Å². The standard InChI is InChI=1S/C21H28N4O.HI/c1-5-22-21(24-15-18-8-6-7-16(2)13-18)23-14-17-9-11-19(12-10-17)20(26)25(3)4;/h6-13H,5,14-15H2,1-4H3,(H2,22,23,24);1H. The van der Waals surface area contributed by atoms with Crippen molar-refractivity contribution in [1.29, 1.82) is 0 Å². The van der Waals surface area contributed by atoms with Crippen LogP contribution < -0.4 is 10.6 Å². The Bertz CT molecular complexity index is 757. The number of rotatable bonds is 6. The largest absolute Gasteiger partial charge is 0.357 e. The molecular formula is C21H29IN4O. The number of hydrogen-bond donors (Lipinski definition) is 2. The number of benzene rings is 2. The van der Waals surface area contributed by atoms with Crippen LogP contribution in [0, 0.1) is 6.92 Å². The predicted molar refractivity (Wildman–Crippen MR) is 123 cm³/mol. The van der Waals surface area contributed by atoms with Crippen LogP contribution in [0.25, 0.3) is 0 Å². The summed E-state index contributed by atoms with van der Waals surface area (Å²) < 4.78 is 0. The van der Waals surface area contributed by atoms with Crippen molar-refractivity contribution < 1.29 is 4.79 Å². The number of amides is 1. The topological polar surface area (TPSA) is 56.7 Å². The number of carbonyl (C=O) groups is 1. The van der Waals surface area contributed by atoms with E-state index in [0.29, 0.717) is 18.7 Å². The molecule has 0 unspecified atom stereocenters. The first kappa shape index (κ1) is 23.0. The van der Waals surface area contributed by atoms with Gasteiger partial charge in [0.05, 0.1) is 6.54 Å². The molecule has 0 aliphatic rings. The number of halogens is 1. The van der Waals surface area contributed by atoms with Crippen LogP contribution >= 0.6 is 24.0 Å². The lowest BCUT2D eigenvalue weighted by atomic mass is 10.1. The highest BCUT2D eigenvalue weighted by atomic mass is 127. The zero-order valence-corrected chi connectivity index (χ0v) is 18.8. The molecule has 27 heavy (non-hydrogen) atoms. The van der Waals surface area contributed by atoms with Crippen molar-refractivity contribution >= 4 is 35.8 Å². The van der Waals surface area contributed by atoms with E-state index in [1.807, 2.05) is 31.2 Å². The molecule has 0 atom stereocenters. The second-order valence-electron chi connectivity index (χ2n) is 6.43. The molecule has 0 aliphatic heterocycles. The Balaban J connectivity index is 0.00000364. The second kappa shape index (κ2) is 11.6. The Kier molecular flexibility index (Phi) is 9.85. The molecule has 0 heterocycles.